The number of likely N-dealkylation sites (tertiary alicyclic amines) is 1. The van der Waals surface area contributed by atoms with Crippen molar-refractivity contribution < 1.29 is 0 Å². The van der Waals surface area contributed by atoms with Gasteiger partial charge in [-0.05, 0) is 38.1 Å². The van der Waals surface area contributed by atoms with E-state index in [0.29, 0.717) is 5.39 Å². The van der Waals surface area contributed by atoms with Gasteiger partial charge in [0.15, 0.2) is 0 Å². The zero-order valence-corrected chi connectivity index (χ0v) is 11.1. The number of fused-ring (bicyclic) bond motifs is 1. The number of rotatable bonds is 3. The summed E-state index contributed by atoms with van der Waals surface area (Å²) in [5.74, 6) is 0. The Morgan fingerprint density at radius 2 is 1.84 bits per heavy atom. The van der Waals surface area contributed by atoms with Gasteiger partial charge >= 0.3 is 0 Å². The molecular formula is C15H19N3O. The molecule has 19 heavy (non-hydrogen) atoms. The highest BCUT2D eigenvalue weighted by atomic mass is 16.1. The van der Waals surface area contributed by atoms with Gasteiger partial charge in [0.1, 0.15) is 0 Å². The molecule has 100 valence electrons. The second kappa shape index (κ2) is 5.53. The second-order valence-corrected chi connectivity index (χ2v) is 5.16. The average molecular weight is 257 g/mol. The van der Waals surface area contributed by atoms with Crippen LogP contribution in [0.3, 0.4) is 0 Å². The Kier molecular flexibility index (Phi) is 3.60. The number of para-hydroxylation sites is 1. The fourth-order valence-corrected chi connectivity index (χ4v) is 2.70. The molecular weight excluding hydrogens is 238 g/mol. The first kappa shape index (κ1) is 12.4. The number of nitrogens with zero attached hydrogens (tertiary/aromatic N) is 3. The van der Waals surface area contributed by atoms with Crippen molar-refractivity contribution in [2.24, 2.45) is 0 Å². The lowest BCUT2D eigenvalue weighted by Gasteiger charge is -2.26. The highest BCUT2D eigenvalue weighted by Gasteiger charge is 2.10. The van der Waals surface area contributed by atoms with E-state index in [4.69, 9.17) is 0 Å². The molecule has 2 aromatic rings. The summed E-state index contributed by atoms with van der Waals surface area (Å²) in [5.41, 5.74) is 0.851. The first-order valence-corrected chi connectivity index (χ1v) is 7.01. The van der Waals surface area contributed by atoms with E-state index in [2.05, 4.69) is 9.88 Å². The predicted molar refractivity (Wildman–Crippen MR) is 76.3 cm³/mol. The summed E-state index contributed by atoms with van der Waals surface area (Å²) in [6, 6.07) is 7.53. The van der Waals surface area contributed by atoms with Crippen LogP contribution in [0.1, 0.15) is 19.3 Å². The van der Waals surface area contributed by atoms with Crippen molar-refractivity contribution in [1.82, 2.24) is 14.5 Å². The molecule has 0 N–H and O–H groups in total. The van der Waals surface area contributed by atoms with Crippen LogP contribution in [0.2, 0.25) is 0 Å². The minimum Gasteiger partial charge on any atom is -0.302 e. The van der Waals surface area contributed by atoms with Crippen LogP contribution in [0.15, 0.2) is 35.4 Å². The molecule has 1 fully saturated rings. The first-order chi connectivity index (χ1) is 9.34. The summed E-state index contributed by atoms with van der Waals surface area (Å²) in [6.45, 7) is 4.00. The smallest absolute Gasteiger partial charge is 0.261 e. The zero-order valence-electron chi connectivity index (χ0n) is 11.1. The van der Waals surface area contributed by atoms with E-state index in [1.165, 1.54) is 19.3 Å². The largest absolute Gasteiger partial charge is 0.302 e. The minimum atomic E-state index is 0.0719. The lowest BCUT2D eigenvalue weighted by Crippen LogP contribution is -2.34. The SMILES string of the molecule is O=c1c2ccccc2ncn1CCN1CCCCC1. The number of hydrogen-bond acceptors (Lipinski definition) is 3. The van der Waals surface area contributed by atoms with Crippen molar-refractivity contribution in [2.45, 2.75) is 25.8 Å². The maximum Gasteiger partial charge on any atom is 0.261 e. The Morgan fingerprint density at radius 1 is 1.05 bits per heavy atom. The summed E-state index contributed by atoms with van der Waals surface area (Å²) < 4.78 is 1.73. The highest BCUT2D eigenvalue weighted by molar-refractivity contribution is 5.76. The third-order valence-electron chi connectivity index (χ3n) is 3.84. The molecule has 0 bridgehead atoms. The number of benzene rings is 1. The monoisotopic (exact) mass is 257 g/mol. The maximum atomic E-state index is 12.3. The Hall–Kier alpha value is -1.68. The van der Waals surface area contributed by atoms with E-state index in [1.807, 2.05) is 24.3 Å². The van der Waals surface area contributed by atoms with E-state index >= 15 is 0 Å². The lowest BCUT2D eigenvalue weighted by molar-refractivity contribution is 0.220. The number of hydrogen-bond donors (Lipinski definition) is 0. The topological polar surface area (TPSA) is 38.1 Å². The van der Waals surface area contributed by atoms with Crippen LogP contribution in [0.25, 0.3) is 10.9 Å². The summed E-state index contributed by atoms with van der Waals surface area (Å²) in [5, 5.41) is 0.712. The van der Waals surface area contributed by atoms with Crippen LogP contribution in [0.4, 0.5) is 0 Å². The molecule has 1 aliphatic rings. The molecule has 0 spiro atoms. The van der Waals surface area contributed by atoms with E-state index in [1.54, 1.807) is 10.9 Å². The van der Waals surface area contributed by atoms with Gasteiger partial charge < -0.3 is 4.90 Å². The third-order valence-corrected chi connectivity index (χ3v) is 3.84. The van der Waals surface area contributed by atoms with Crippen molar-refractivity contribution in [3.8, 4) is 0 Å². The molecule has 1 saturated heterocycles. The van der Waals surface area contributed by atoms with Crippen molar-refractivity contribution >= 4 is 10.9 Å². The van der Waals surface area contributed by atoms with Gasteiger partial charge in [-0.2, -0.15) is 0 Å². The molecule has 4 heteroatoms. The van der Waals surface area contributed by atoms with Gasteiger partial charge in [0.05, 0.1) is 17.2 Å². The van der Waals surface area contributed by atoms with Crippen LogP contribution >= 0.6 is 0 Å². The van der Waals surface area contributed by atoms with Crippen molar-refractivity contribution in [2.75, 3.05) is 19.6 Å². The molecule has 2 heterocycles. The summed E-state index contributed by atoms with van der Waals surface area (Å²) >= 11 is 0. The van der Waals surface area contributed by atoms with Gasteiger partial charge in [0.2, 0.25) is 0 Å². The van der Waals surface area contributed by atoms with Gasteiger partial charge in [-0.1, -0.05) is 18.6 Å². The van der Waals surface area contributed by atoms with Crippen molar-refractivity contribution in [1.29, 1.82) is 0 Å². The molecule has 0 unspecified atom stereocenters. The van der Waals surface area contributed by atoms with Crippen LogP contribution in [0, 0.1) is 0 Å². The molecule has 0 amide bonds. The van der Waals surface area contributed by atoms with Crippen molar-refractivity contribution in [3.05, 3.63) is 40.9 Å². The lowest BCUT2D eigenvalue weighted by atomic mass is 10.1. The van der Waals surface area contributed by atoms with Crippen LogP contribution in [0.5, 0.6) is 0 Å². The molecule has 1 aliphatic heterocycles. The average Bonchev–Trinajstić information content (AvgIpc) is 2.48. The maximum absolute atomic E-state index is 12.3. The van der Waals surface area contributed by atoms with E-state index in [0.717, 1.165) is 31.7 Å². The summed E-state index contributed by atoms with van der Waals surface area (Å²) in [7, 11) is 0. The van der Waals surface area contributed by atoms with E-state index < -0.39 is 0 Å². The Morgan fingerprint density at radius 3 is 2.68 bits per heavy atom. The van der Waals surface area contributed by atoms with Gasteiger partial charge in [0, 0.05) is 13.1 Å². The summed E-state index contributed by atoms with van der Waals surface area (Å²) in [4.78, 5) is 19.1. The zero-order chi connectivity index (χ0) is 13.1. The van der Waals surface area contributed by atoms with Crippen LogP contribution in [-0.2, 0) is 6.54 Å². The number of piperidine rings is 1. The number of aromatic nitrogens is 2. The molecule has 1 aromatic heterocycles. The highest BCUT2D eigenvalue weighted by Crippen LogP contribution is 2.08. The third kappa shape index (κ3) is 2.68. The fourth-order valence-electron chi connectivity index (χ4n) is 2.70. The predicted octanol–water partition coefficient (Wildman–Crippen LogP) is 1.88. The van der Waals surface area contributed by atoms with Gasteiger partial charge in [-0.3, -0.25) is 9.36 Å². The fraction of sp³-hybridized carbons (Fsp3) is 0.467. The molecule has 1 aromatic carbocycles. The van der Waals surface area contributed by atoms with Gasteiger partial charge in [0.25, 0.3) is 5.56 Å². The van der Waals surface area contributed by atoms with Crippen LogP contribution < -0.4 is 5.56 Å². The molecule has 0 saturated carbocycles. The van der Waals surface area contributed by atoms with E-state index in [9.17, 15) is 4.79 Å². The van der Waals surface area contributed by atoms with Gasteiger partial charge in [-0.25, -0.2) is 4.98 Å². The molecule has 0 aliphatic carbocycles. The Balaban J connectivity index is 1.77. The van der Waals surface area contributed by atoms with Crippen molar-refractivity contribution in [3.63, 3.8) is 0 Å². The first-order valence-electron chi connectivity index (χ1n) is 7.01. The Bertz CT molecular complexity index is 614. The molecule has 0 atom stereocenters. The minimum absolute atomic E-state index is 0.0719. The summed E-state index contributed by atoms with van der Waals surface area (Å²) in [6.07, 6.45) is 5.58. The molecule has 4 nitrogen and oxygen atoms in total. The molecule has 0 radical (unpaired) electrons. The standard InChI is InChI=1S/C15H19N3O/c19-15-13-6-2-3-7-14(13)16-12-18(15)11-10-17-8-4-1-5-9-17/h2-3,6-7,12H,1,4-5,8-11H2. The normalized spacial score (nSPS) is 16.8. The quantitative estimate of drug-likeness (QED) is 0.842. The molecule has 3 rings (SSSR count). The van der Waals surface area contributed by atoms with E-state index in [-0.39, 0.29) is 5.56 Å². The van der Waals surface area contributed by atoms with Crippen LogP contribution in [-0.4, -0.2) is 34.1 Å². The Labute approximate surface area is 112 Å². The van der Waals surface area contributed by atoms with Gasteiger partial charge in [-0.15, -0.1) is 0 Å². The second-order valence-electron chi connectivity index (χ2n) is 5.16.